The van der Waals surface area contributed by atoms with E-state index in [0.29, 0.717) is 6.42 Å². The molecule has 2 rings (SSSR count). The molecule has 96 valence electrons. The molecule has 2 aromatic rings. The summed E-state index contributed by atoms with van der Waals surface area (Å²) in [6.45, 7) is 3.10. The number of aliphatic hydroxyl groups excluding tert-OH is 1. The zero-order valence-corrected chi connectivity index (χ0v) is 10.6. The molecule has 0 fully saturated rings. The third-order valence-corrected chi connectivity index (χ3v) is 3.17. The van der Waals surface area contributed by atoms with Gasteiger partial charge in [-0.2, -0.15) is 0 Å². The van der Waals surface area contributed by atoms with Gasteiger partial charge in [-0.3, -0.25) is 4.79 Å². The maximum Gasteiger partial charge on any atom is 0.180 e. The first kappa shape index (κ1) is 12.8. The summed E-state index contributed by atoms with van der Waals surface area (Å²) in [5, 5.41) is 10.4. The summed E-state index contributed by atoms with van der Waals surface area (Å²) in [6, 6.07) is 7.86. The van der Waals surface area contributed by atoms with Crippen LogP contribution in [-0.2, 0) is 11.2 Å². The highest BCUT2D eigenvalue weighted by molar-refractivity contribution is 5.92. The molecule has 1 unspecified atom stereocenters. The fraction of sp³-hybridized carbons (Fsp3) is 0.357. The van der Waals surface area contributed by atoms with Crippen molar-refractivity contribution in [2.24, 2.45) is 5.73 Å². The van der Waals surface area contributed by atoms with Crippen molar-refractivity contribution in [1.29, 1.82) is 0 Å². The normalized spacial score (nSPS) is 16.4. The number of aliphatic hydroxyl groups is 1. The van der Waals surface area contributed by atoms with Crippen LogP contribution < -0.4 is 5.73 Å². The summed E-state index contributed by atoms with van der Waals surface area (Å²) in [7, 11) is 0. The predicted molar refractivity (Wildman–Crippen MR) is 71.3 cm³/mol. The van der Waals surface area contributed by atoms with Crippen molar-refractivity contribution < 1.29 is 9.90 Å². The summed E-state index contributed by atoms with van der Waals surface area (Å²) in [6.07, 6.45) is 1.23. The van der Waals surface area contributed by atoms with Crippen LogP contribution in [0.1, 0.15) is 19.4 Å². The van der Waals surface area contributed by atoms with Gasteiger partial charge in [-0.05, 0) is 31.9 Å². The Kier molecular flexibility index (Phi) is 3.24. The summed E-state index contributed by atoms with van der Waals surface area (Å²) in [5.41, 5.74) is 6.98. The lowest BCUT2D eigenvalue weighted by Gasteiger charge is -2.24. The SMILES string of the molecule is CC(O)C(=O)[C@@](C)(N)Cc1c[nH]c2ccccc12. The van der Waals surface area contributed by atoms with Crippen molar-refractivity contribution in [3.8, 4) is 0 Å². The third-order valence-electron chi connectivity index (χ3n) is 3.17. The van der Waals surface area contributed by atoms with E-state index in [9.17, 15) is 9.90 Å². The van der Waals surface area contributed by atoms with Crippen LogP contribution in [0.5, 0.6) is 0 Å². The molecule has 0 aliphatic carbocycles. The van der Waals surface area contributed by atoms with Crippen LogP contribution in [-0.4, -0.2) is 27.5 Å². The highest BCUT2D eigenvalue weighted by Gasteiger charge is 2.32. The molecule has 4 nitrogen and oxygen atoms in total. The average molecular weight is 246 g/mol. The van der Waals surface area contributed by atoms with Crippen LogP contribution in [0, 0.1) is 0 Å². The smallest absolute Gasteiger partial charge is 0.180 e. The molecule has 4 heteroatoms. The second-order valence-corrected chi connectivity index (χ2v) is 4.99. The quantitative estimate of drug-likeness (QED) is 0.762. The second kappa shape index (κ2) is 4.55. The summed E-state index contributed by atoms with van der Waals surface area (Å²) >= 11 is 0. The maximum absolute atomic E-state index is 11.8. The predicted octanol–water partition coefficient (Wildman–Crippen LogP) is 1.38. The van der Waals surface area contributed by atoms with Crippen LogP contribution in [0.4, 0.5) is 0 Å². The highest BCUT2D eigenvalue weighted by Crippen LogP contribution is 2.22. The lowest BCUT2D eigenvalue weighted by atomic mass is 9.87. The highest BCUT2D eigenvalue weighted by atomic mass is 16.3. The van der Waals surface area contributed by atoms with Crippen LogP contribution in [0.25, 0.3) is 10.9 Å². The molecule has 18 heavy (non-hydrogen) atoms. The first-order chi connectivity index (χ1) is 8.42. The van der Waals surface area contributed by atoms with Gasteiger partial charge in [0.1, 0.15) is 6.10 Å². The number of carbonyl (C=O) groups excluding carboxylic acids is 1. The lowest BCUT2D eigenvalue weighted by molar-refractivity contribution is -0.131. The van der Waals surface area contributed by atoms with Gasteiger partial charge in [0, 0.05) is 17.1 Å². The Bertz CT molecular complexity index is 570. The molecule has 0 saturated carbocycles. The molecule has 0 spiro atoms. The number of hydrogen-bond donors (Lipinski definition) is 3. The lowest BCUT2D eigenvalue weighted by Crippen LogP contribution is -2.51. The van der Waals surface area contributed by atoms with Crippen LogP contribution in [0.2, 0.25) is 0 Å². The molecule has 1 aromatic carbocycles. The van der Waals surface area contributed by atoms with Gasteiger partial charge in [0.25, 0.3) is 0 Å². The summed E-state index contributed by atoms with van der Waals surface area (Å²) in [4.78, 5) is 15.0. The number of H-pyrrole nitrogens is 1. The van der Waals surface area contributed by atoms with Crippen molar-refractivity contribution in [2.45, 2.75) is 31.9 Å². The third kappa shape index (κ3) is 2.30. The summed E-state index contributed by atoms with van der Waals surface area (Å²) < 4.78 is 0. The Morgan fingerprint density at radius 3 is 2.83 bits per heavy atom. The minimum atomic E-state index is -1.06. The van der Waals surface area contributed by atoms with Gasteiger partial charge >= 0.3 is 0 Å². The fourth-order valence-corrected chi connectivity index (χ4v) is 2.24. The van der Waals surface area contributed by atoms with E-state index in [1.165, 1.54) is 6.92 Å². The van der Waals surface area contributed by atoms with Gasteiger partial charge in [0.05, 0.1) is 5.54 Å². The zero-order chi connectivity index (χ0) is 13.3. The largest absolute Gasteiger partial charge is 0.386 e. The zero-order valence-electron chi connectivity index (χ0n) is 10.6. The van der Waals surface area contributed by atoms with Crippen molar-refractivity contribution in [3.63, 3.8) is 0 Å². The monoisotopic (exact) mass is 246 g/mol. The number of ketones is 1. The van der Waals surface area contributed by atoms with Gasteiger partial charge in [-0.1, -0.05) is 18.2 Å². The molecule has 0 bridgehead atoms. The van der Waals surface area contributed by atoms with Gasteiger partial charge in [0.15, 0.2) is 5.78 Å². The molecule has 1 aromatic heterocycles. The maximum atomic E-state index is 11.8. The number of Topliss-reactive ketones (excluding diaryl/α,β-unsaturated/α-hetero) is 1. The van der Waals surface area contributed by atoms with E-state index in [1.54, 1.807) is 6.92 Å². The fourth-order valence-electron chi connectivity index (χ4n) is 2.24. The van der Waals surface area contributed by atoms with E-state index < -0.39 is 11.6 Å². The molecule has 0 radical (unpaired) electrons. The molecule has 0 amide bonds. The number of hydrogen-bond acceptors (Lipinski definition) is 3. The van der Waals surface area contributed by atoms with Gasteiger partial charge in [-0.15, -0.1) is 0 Å². The molecule has 1 heterocycles. The number of aromatic nitrogens is 1. The van der Waals surface area contributed by atoms with Crippen LogP contribution in [0.15, 0.2) is 30.5 Å². The average Bonchev–Trinajstić information content (AvgIpc) is 2.71. The van der Waals surface area contributed by atoms with Crippen LogP contribution >= 0.6 is 0 Å². The second-order valence-electron chi connectivity index (χ2n) is 4.99. The molecule has 4 N–H and O–H groups in total. The minimum Gasteiger partial charge on any atom is -0.386 e. The molecule has 0 saturated heterocycles. The van der Waals surface area contributed by atoms with Crippen molar-refractivity contribution in [3.05, 3.63) is 36.0 Å². The van der Waals surface area contributed by atoms with Crippen molar-refractivity contribution >= 4 is 16.7 Å². The Balaban J connectivity index is 2.31. The summed E-state index contributed by atoms with van der Waals surface area (Å²) in [5.74, 6) is -0.340. The molecular formula is C14H18N2O2. The first-order valence-corrected chi connectivity index (χ1v) is 5.98. The van der Waals surface area contributed by atoms with Gasteiger partial charge in [-0.25, -0.2) is 0 Å². The van der Waals surface area contributed by atoms with E-state index in [-0.39, 0.29) is 5.78 Å². The number of aromatic amines is 1. The van der Waals surface area contributed by atoms with Crippen molar-refractivity contribution in [1.82, 2.24) is 4.98 Å². The van der Waals surface area contributed by atoms with Crippen LogP contribution in [0.3, 0.4) is 0 Å². The van der Waals surface area contributed by atoms with E-state index in [2.05, 4.69) is 4.98 Å². The van der Waals surface area contributed by atoms with Gasteiger partial charge < -0.3 is 15.8 Å². The molecule has 2 atom stereocenters. The topological polar surface area (TPSA) is 79.1 Å². The number of fused-ring (bicyclic) bond motifs is 1. The van der Waals surface area contributed by atoms with E-state index in [4.69, 9.17) is 5.73 Å². The number of rotatable bonds is 4. The minimum absolute atomic E-state index is 0.340. The number of carbonyl (C=O) groups is 1. The standard InChI is InChI=1S/C14H18N2O2/c1-9(17)13(18)14(2,15)7-10-8-16-12-6-4-3-5-11(10)12/h3-6,8-9,16-17H,7,15H2,1-2H3/t9?,14-/m0/s1. The number of nitrogens with one attached hydrogen (secondary N) is 1. The van der Waals surface area contributed by atoms with Gasteiger partial charge in [0.2, 0.25) is 0 Å². The van der Waals surface area contributed by atoms with E-state index in [0.717, 1.165) is 16.5 Å². The molecular weight excluding hydrogens is 228 g/mol. The number of nitrogens with two attached hydrogens (primary N) is 1. The van der Waals surface area contributed by atoms with E-state index in [1.807, 2.05) is 30.5 Å². The van der Waals surface area contributed by atoms with Crippen molar-refractivity contribution in [2.75, 3.05) is 0 Å². The Morgan fingerprint density at radius 1 is 1.50 bits per heavy atom. The molecule has 0 aliphatic heterocycles. The van der Waals surface area contributed by atoms with E-state index >= 15 is 0 Å². The Hall–Kier alpha value is -1.65. The Morgan fingerprint density at radius 2 is 2.17 bits per heavy atom. The number of benzene rings is 1. The first-order valence-electron chi connectivity index (χ1n) is 5.98. The Labute approximate surface area is 106 Å². The number of para-hydroxylation sites is 1. The molecule has 0 aliphatic rings.